The van der Waals surface area contributed by atoms with Gasteiger partial charge >= 0.3 is 5.69 Å². The van der Waals surface area contributed by atoms with Crippen LogP contribution in [0.2, 0.25) is 0 Å². The lowest BCUT2D eigenvalue weighted by molar-refractivity contribution is -0.0853. The molecule has 0 spiro atoms. The Balaban J connectivity index is 1.70. The van der Waals surface area contributed by atoms with Crippen LogP contribution in [0.25, 0.3) is 11.0 Å². The van der Waals surface area contributed by atoms with E-state index in [9.17, 15) is 23.6 Å². The first-order valence-electron chi connectivity index (χ1n) is 13.2. The predicted molar refractivity (Wildman–Crippen MR) is 139 cm³/mol. The van der Waals surface area contributed by atoms with E-state index < -0.39 is 41.1 Å². The van der Waals surface area contributed by atoms with Crippen LogP contribution in [0.15, 0.2) is 33.9 Å². The topological polar surface area (TPSA) is 102 Å². The second-order valence-electron chi connectivity index (χ2n) is 10.5. The third kappa shape index (κ3) is 4.82. The van der Waals surface area contributed by atoms with Crippen molar-refractivity contribution in [2.24, 2.45) is 7.05 Å². The number of alkyl halides is 2. The number of hydrogen-bond acceptors (Lipinski definition) is 6. The van der Waals surface area contributed by atoms with Crippen LogP contribution in [0.5, 0.6) is 0 Å². The number of hydrogen-bond donors (Lipinski definition) is 1. The minimum absolute atomic E-state index is 0.0341. The average molecular weight is 542 g/mol. The van der Waals surface area contributed by atoms with Crippen LogP contribution < -0.4 is 16.6 Å². The van der Waals surface area contributed by atoms with Crippen LogP contribution >= 0.6 is 0 Å². The lowest BCUT2D eigenvalue weighted by atomic mass is 9.97. The van der Waals surface area contributed by atoms with Crippen molar-refractivity contribution in [1.29, 1.82) is 5.26 Å². The number of fused-ring (bicyclic) bond motifs is 8. The van der Waals surface area contributed by atoms with Crippen LogP contribution in [0, 0.1) is 17.1 Å². The van der Waals surface area contributed by atoms with Gasteiger partial charge in [-0.1, -0.05) is 25.0 Å². The molecule has 3 heterocycles. The Morgan fingerprint density at radius 2 is 1.90 bits per heavy atom. The van der Waals surface area contributed by atoms with E-state index in [1.165, 1.54) is 21.3 Å². The number of nitrogens with one attached hydrogen (secondary N) is 1. The number of benzene rings is 1. The van der Waals surface area contributed by atoms with Gasteiger partial charge in [0.05, 0.1) is 28.5 Å². The van der Waals surface area contributed by atoms with E-state index in [0.717, 1.165) is 6.07 Å². The van der Waals surface area contributed by atoms with Gasteiger partial charge in [0.1, 0.15) is 23.9 Å². The predicted octanol–water partition coefficient (Wildman–Crippen LogP) is 4.64. The molecule has 0 amide bonds. The maximum atomic E-state index is 15.5. The van der Waals surface area contributed by atoms with Gasteiger partial charge in [-0.25, -0.2) is 9.18 Å². The van der Waals surface area contributed by atoms with Crippen LogP contribution in [0.1, 0.15) is 68.2 Å². The van der Waals surface area contributed by atoms with Crippen molar-refractivity contribution >= 4 is 16.9 Å². The molecule has 1 atom stereocenters. The summed E-state index contributed by atoms with van der Waals surface area (Å²) in [6, 6.07) is 6.78. The minimum atomic E-state index is -3.53. The van der Waals surface area contributed by atoms with Gasteiger partial charge in [-0.05, 0) is 44.7 Å². The lowest BCUT2D eigenvalue weighted by Gasteiger charge is -2.23. The number of nitrogens with zero attached hydrogens (tertiary/aromatic N) is 4. The summed E-state index contributed by atoms with van der Waals surface area (Å²) in [6.45, 7) is 1.06. The zero-order valence-electron chi connectivity index (χ0n) is 21.9. The van der Waals surface area contributed by atoms with E-state index in [4.69, 9.17) is 4.74 Å². The van der Waals surface area contributed by atoms with Gasteiger partial charge in [0.25, 0.3) is 11.5 Å². The molecule has 0 radical (unpaired) electrons. The SMILES string of the molecule is C[C@H]1Nc2nc(=O)n(c3c2cc(C2(C#N)CC2)c(=O)n3C)CCCCCCOCC(F)(F)c2cccc1c2F. The summed E-state index contributed by atoms with van der Waals surface area (Å²) in [4.78, 5) is 30.8. The third-order valence-electron chi connectivity index (χ3n) is 7.76. The van der Waals surface area contributed by atoms with E-state index >= 15 is 4.39 Å². The highest BCUT2D eigenvalue weighted by Gasteiger charge is 2.47. The zero-order valence-corrected chi connectivity index (χ0v) is 21.9. The summed E-state index contributed by atoms with van der Waals surface area (Å²) in [7, 11) is 1.55. The summed E-state index contributed by atoms with van der Waals surface area (Å²) in [5.74, 6) is -4.51. The van der Waals surface area contributed by atoms with E-state index in [-0.39, 0.29) is 23.5 Å². The quantitative estimate of drug-likeness (QED) is 0.482. The first-order valence-corrected chi connectivity index (χ1v) is 13.2. The molecule has 39 heavy (non-hydrogen) atoms. The molecular formula is C28H30F3N5O3. The Morgan fingerprint density at radius 1 is 1.15 bits per heavy atom. The molecule has 8 nitrogen and oxygen atoms in total. The number of aryl methyl sites for hydroxylation is 2. The monoisotopic (exact) mass is 541 g/mol. The summed E-state index contributed by atoms with van der Waals surface area (Å²) in [5.41, 5.74) is -2.00. The highest BCUT2D eigenvalue weighted by molar-refractivity contribution is 5.88. The van der Waals surface area contributed by atoms with Crippen LogP contribution in [0.4, 0.5) is 19.0 Å². The lowest BCUT2D eigenvalue weighted by Crippen LogP contribution is -2.33. The standard InChI is InChI=1S/C28H30F3N5O3/c1-17-18-8-7-9-20(22(18)29)28(30,31)16-39-13-6-4-3-5-12-36-24-19(23(33-17)34-26(36)38)14-21(25(37)35(24)2)27(15-32)10-11-27/h7-9,14,17H,3-6,10-13,16H2,1-2H3,(H,33,34,38)/t17-/m1/s1. The molecule has 11 heteroatoms. The van der Waals surface area contributed by atoms with Crippen molar-refractivity contribution in [2.75, 3.05) is 18.5 Å². The Bertz CT molecular complexity index is 1590. The van der Waals surface area contributed by atoms with Crippen molar-refractivity contribution < 1.29 is 17.9 Å². The molecule has 2 aromatic heterocycles. The summed E-state index contributed by atoms with van der Waals surface area (Å²) in [6.07, 6.45) is 3.61. The Labute approximate surface area is 223 Å². The number of aromatic nitrogens is 3. The number of nitriles is 1. The smallest absolute Gasteiger partial charge is 0.351 e. The Kier molecular flexibility index (Phi) is 7.01. The van der Waals surface area contributed by atoms with Crippen LogP contribution in [-0.4, -0.2) is 27.3 Å². The normalized spacial score (nSPS) is 21.0. The van der Waals surface area contributed by atoms with Crippen molar-refractivity contribution in [2.45, 2.75) is 69.4 Å². The van der Waals surface area contributed by atoms with Gasteiger partial charge in [-0.3, -0.25) is 13.9 Å². The van der Waals surface area contributed by atoms with Gasteiger partial charge < -0.3 is 10.1 Å². The molecule has 5 rings (SSSR count). The molecule has 0 saturated heterocycles. The van der Waals surface area contributed by atoms with E-state index in [2.05, 4.69) is 16.4 Å². The molecular weight excluding hydrogens is 511 g/mol. The van der Waals surface area contributed by atoms with E-state index in [0.29, 0.717) is 61.7 Å². The van der Waals surface area contributed by atoms with Gasteiger partial charge in [-0.2, -0.15) is 19.0 Å². The van der Waals surface area contributed by atoms with Gasteiger partial charge in [0, 0.05) is 31.3 Å². The fourth-order valence-corrected chi connectivity index (χ4v) is 5.31. The first-order chi connectivity index (χ1) is 18.6. The second kappa shape index (κ2) is 10.2. The molecule has 1 saturated carbocycles. The summed E-state index contributed by atoms with van der Waals surface area (Å²) >= 11 is 0. The molecule has 1 aliphatic carbocycles. The molecule has 2 aliphatic rings. The highest BCUT2D eigenvalue weighted by Crippen LogP contribution is 2.47. The molecule has 1 N–H and O–H groups in total. The third-order valence-corrected chi connectivity index (χ3v) is 7.76. The Hall–Kier alpha value is -3.65. The number of rotatable bonds is 1. The number of ether oxygens (including phenoxy) is 1. The number of pyridine rings is 1. The molecule has 4 bridgehead atoms. The molecule has 206 valence electrons. The maximum Gasteiger partial charge on any atom is 0.351 e. The highest BCUT2D eigenvalue weighted by atomic mass is 19.3. The average Bonchev–Trinajstić information content (AvgIpc) is 3.69. The first kappa shape index (κ1) is 26.9. The summed E-state index contributed by atoms with van der Waals surface area (Å²) < 4.78 is 53.3. The van der Waals surface area contributed by atoms with E-state index in [1.54, 1.807) is 20.0 Å². The van der Waals surface area contributed by atoms with E-state index in [1.807, 2.05) is 0 Å². The van der Waals surface area contributed by atoms with Crippen LogP contribution in [-0.2, 0) is 29.7 Å². The van der Waals surface area contributed by atoms with Gasteiger partial charge in [0.15, 0.2) is 0 Å². The second-order valence-corrected chi connectivity index (χ2v) is 10.5. The molecule has 1 aliphatic heterocycles. The van der Waals surface area contributed by atoms with Gasteiger partial charge in [-0.15, -0.1) is 0 Å². The molecule has 1 aromatic carbocycles. The molecule has 3 aromatic rings. The summed E-state index contributed by atoms with van der Waals surface area (Å²) in [5, 5.41) is 13.2. The molecule has 0 unspecified atom stereocenters. The van der Waals surface area contributed by atoms with Crippen LogP contribution in [0.3, 0.4) is 0 Å². The van der Waals surface area contributed by atoms with Crippen molar-refractivity contribution in [3.63, 3.8) is 0 Å². The van der Waals surface area contributed by atoms with Crippen molar-refractivity contribution in [3.8, 4) is 6.07 Å². The largest absolute Gasteiger partial charge is 0.375 e. The molecule has 1 fully saturated rings. The fraction of sp³-hybridized carbons (Fsp3) is 0.500. The fourth-order valence-electron chi connectivity index (χ4n) is 5.31. The van der Waals surface area contributed by atoms with Gasteiger partial charge in [0.2, 0.25) is 0 Å². The van der Waals surface area contributed by atoms with Crippen molar-refractivity contribution in [3.05, 3.63) is 67.6 Å². The maximum absolute atomic E-state index is 15.5. The Morgan fingerprint density at radius 3 is 2.62 bits per heavy atom. The van der Waals surface area contributed by atoms with Crippen molar-refractivity contribution in [1.82, 2.24) is 14.1 Å². The minimum Gasteiger partial charge on any atom is -0.375 e. The number of halogens is 3. The zero-order chi connectivity index (χ0) is 27.9. The number of anilines is 1.